The lowest BCUT2D eigenvalue weighted by atomic mass is 10.1. The van der Waals surface area contributed by atoms with Crippen LogP contribution < -0.4 is 19.5 Å². The van der Waals surface area contributed by atoms with E-state index in [0.29, 0.717) is 48.3 Å². The predicted octanol–water partition coefficient (Wildman–Crippen LogP) is 2.76. The molecule has 0 spiro atoms. The smallest absolute Gasteiger partial charge is 0.240 e. The summed E-state index contributed by atoms with van der Waals surface area (Å²) in [6.07, 6.45) is 0.614. The van der Waals surface area contributed by atoms with Gasteiger partial charge in [0.15, 0.2) is 11.5 Å². The number of halogens is 1. The van der Waals surface area contributed by atoms with Crippen LogP contribution in [0.1, 0.15) is 23.1 Å². The molecule has 162 valence electrons. The van der Waals surface area contributed by atoms with Crippen LogP contribution in [0.25, 0.3) is 0 Å². The van der Waals surface area contributed by atoms with E-state index in [4.69, 9.17) is 21.1 Å². The first-order valence-electron chi connectivity index (χ1n) is 9.68. The zero-order chi connectivity index (χ0) is 21.7. The highest BCUT2D eigenvalue weighted by Gasteiger charge is 2.18. The molecule has 0 radical (unpaired) electrons. The second kappa shape index (κ2) is 9.68. The number of amides is 1. The molecule has 1 heterocycles. The number of rotatable bonds is 8. The van der Waals surface area contributed by atoms with Crippen LogP contribution in [0.2, 0.25) is 5.02 Å². The second-order valence-corrected chi connectivity index (χ2v) is 9.26. The van der Waals surface area contributed by atoms with Gasteiger partial charge in [-0.05, 0) is 49.6 Å². The molecular formula is C21H25ClN2O5S. The summed E-state index contributed by atoms with van der Waals surface area (Å²) in [5.74, 6) is 0.921. The summed E-state index contributed by atoms with van der Waals surface area (Å²) in [5.41, 5.74) is 2.58. The van der Waals surface area contributed by atoms with Crippen LogP contribution in [-0.2, 0) is 21.2 Å². The highest BCUT2D eigenvalue weighted by Crippen LogP contribution is 2.38. The van der Waals surface area contributed by atoms with E-state index in [2.05, 4.69) is 10.0 Å². The maximum Gasteiger partial charge on any atom is 0.240 e. The van der Waals surface area contributed by atoms with Crippen molar-refractivity contribution in [1.29, 1.82) is 0 Å². The van der Waals surface area contributed by atoms with E-state index in [0.717, 1.165) is 11.1 Å². The first kappa shape index (κ1) is 22.4. The van der Waals surface area contributed by atoms with E-state index in [1.807, 2.05) is 19.1 Å². The zero-order valence-electron chi connectivity index (χ0n) is 17.0. The van der Waals surface area contributed by atoms with Gasteiger partial charge in [0.05, 0.1) is 9.92 Å². The Morgan fingerprint density at radius 3 is 2.63 bits per heavy atom. The lowest BCUT2D eigenvalue weighted by Gasteiger charge is -2.20. The summed E-state index contributed by atoms with van der Waals surface area (Å²) in [5, 5.41) is 3.27. The van der Waals surface area contributed by atoms with Crippen molar-refractivity contribution in [2.75, 3.05) is 26.3 Å². The predicted molar refractivity (Wildman–Crippen MR) is 115 cm³/mol. The first-order chi connectivity index (χ1) is 14.3. The topological polar surface area (TPSA) is 93.7 Å². The normalized spacial score (nSPS) is 13.2. The monoisotopic (exact) mass is 452 g/mol. The van der Waals surface area contributed by atoms with Crippen molar-refractivity contribution in [3.8, 4) is 11.5 Å². The Bertz CT molecular complexity index is 1040. The fourth-order valence-electron chi connectivity index (χ4n) is 3.22. The Morgan fingerprint density at radius 2 is 1.87 bits per heavy atom. The number of fused-ring (bicyclic) bond motifs is 1. The molecule has 9 heteroatoms. The molecule has 0 atom stereocenters. The van der Waals surface area contributed by atoms with Gasteiger partial charge < -0.3 is 14.8 Å². The van der Waals surface area contributed by atoms with Crippen molar-refractivity contribution in [3.05, 3.63) is 52.0 Å². The summed E-state index contributed by atoms with van der Waals surface area (Å²) in [7, 11) is -3.65. The van der Waals surface area contributed by atoms with Crippen LogP contribution in [0, 0.1) is 13.8 Å². The van der Waals surface area contributed by atoms with Gasteiger partial charge in [-0.1, -0.05) is 29.3 Å². The van der Waals surface area contributed by atoms with E-state index in [-0.39, 0.29) is 23.8 Å². The van der Waals surface area contributed by atoms with Gasteiger partial charge in [0.25, 0.3) is 0 Å². The second-order valence-electron chi connectivity index (χ2n) is 7.12. The number of carbonyl (C=O) groups excluding carboxylic acids is 1. The van der Waals surface area contributed by atoms with Gasteiger partial charge in [-0.2, -0.15) is 0 Å². The first-order valence-corrected chi connectivity index (χ1v) is 11.5. The van der Waals surface area contributed by atoms with Gasteiger partial charge in [0.2, 0.25) is 15.9 Å². The Morgan fingerprint density at radius 1 is 1.10 bits per heavy atom. The van der Waals surface area contributed by atoms with Crippen molar-refractivity contribution in [2.24, 2.45) is 0 Å². The Balaban J connectivity index is 1.45. The average molecular weight is 453 g/mol. The summed E-state index contributed by atoms with van der Waals surface area (Å²) in [6.45, 7) is 5.02. The van der Waals surface area contributed by atoms with Crippen LogP contribution in [0.5, 0.6) is 11.5 Å². The largest absolute Gasteiger partial charge is 0.486 e. The Labute approximate surface area is 181 Å². The van der Waals surface area contributed by atoms with Gasteiger partial charge in [-0.25, -0.2) is 13.1 Å². The van der Waals surface area contributed by atoms with Crippen LogP contribution >= 0.6 is 11.6 Å². The minimum absolute atomic E-state index is 0.0251. The van der Waals surface area contributed by atoms with Gasteiger partial charge in [-0.3, -0.25) is 4.79 Å². The van der Waals surface area contributed by atoms with Crippen LogP contribution in [0.15, 0.2) is 35.2 Å². The fourth-order valence-corrected chi connectivity index (χ4v) is 4.76. The number of ether oxygens (including phenoxy) is 2. The van der Waals surface area contributed by atoms with Gasteiger partial charge in [-0.15, -0.1) is 0 Å². The molecule has 3 rings (SSSR count). The molecule has 0 bridgehead atoms. The van der Waals surface area contributed by atoms with Crippen molar-refractivity contribution in [3.63, 3.8) is 0 Å². The summed E-state index contributed by atoms with van der Waals surface area (Å²) in [4.78, 5) is 12.3. The molecule has 1 aliphatic heterocycles. The molecule has 0 unspecified atom stereocenters. The summed E-state index contributed by atoms with van der Waals surface area (Å²) < 4.78 is 38.3. The number of carbonyl (C=O) groups is 1. The SMILES string of the molecule is Cc1ccc(S(=O)(=O)NCCC(=O)NCCc2cc(Cl)c3c(c2)OCCO3)c(C)c1. The third kappa shape index (κ3) is 5.65. The number of benzene rings is 2. The molecule has 0 aliphatic carbocycles. The van der Waals surface area contributed by atoms with Crippen LogP contribution in [-0.4, -0.2) is 40.6 Å². The highest BCUT2D eigenvalue weighted by molar-refractivity contribution is 7.89. The minimum atomic E-state index is -3.65. The van der Waals surface area contributed by atoms with E-state index in [1.54, 1.807) is 25.1 Å². The molecule has 0 saturated heterocycles. The quantitative estimate of drug-likeness (QED) is 0.642. The number of hydrogen-bond donors (Lipinski definition) is 2. The van der Waals surface area contributed by atoms with Gasteiger partial charge in [0.1, 0.15) is 13.2 Å². The fraction of sp³-hybridized carbons (Fsp3) is 0.381. The minimum Gasteiger partial charge on any atom is -0.486 e. The standard InChI is InChI=1S/C21H25ClN2O5S/c1-14-3-4-19(15(2)11-14)30(26,27)24-8-6-20(25)23-7-5-16-12-17(22)21-18(13-16)28-9-10-29-21/h3-4,11-13,24H,5-10H2,1-2H3,(H,23,25). The number of hydrogen-bond acceptors (Lipinski definition) is 5. The Kier molecular flexibility index (Phi) is 7.23. The molecule has 30 heavy (non-hydrogen) atoms. The molecular weight excluding hydrogens is 428 g/mol. The molecule has 1 aliphatic rings. The van der Waals surface area contributed by atoms with E-state index >= 15 is 0 Å². The molecule has 0 fully saturated rings. The van der Waals surface area contributed by atoms with Crippen molar-refractivity contribution < 1.29 is 22.7 Å². The molecule has 7 nitrogen and oxygen atoms in total. The van der Waals surface area contributed by atoms with E-state index in [9.17, 15) is 13.2 Å². The van der Waals surface area contributed by atoms with Crippen molar-refractivity contribution in [2.45, 2.75) is 31.6 Å². The molecule has 2 aromatic rings. The number of nitrogens with one attached hydrogen (secondary N) is 2. The van der Waals surface area contributed by atoms with E-state index in [1.165, 1.54) is 0 Å². The third-order valence-electron chi connectivity index (χ3n) is 4.66. The number of sulfonamides is 1. The van der Waals surface area contributed by atoms with Crippen LogP contribution in [0.3, 0.4) is 0 Å². The van der Waals surface area contributed by atoms with Crippen LogP contribution in [0.4, 0.5) is 0 Å². The molecule has 0 aromatic heterocycles. The maximum atomic E-state index is 12.4. The molecule has 2 aromatic carbocycles. The van der Waals surface area contributed by atoms with Gasteiger partial charge in [0, 0.05) is 19.5 Å². The summed E-state index contributed by atoms with van der Waals surface area (Å²) >= 11 is 6.21. The maximum absolute atomic E-state index is 12.4. The lowest BCUT2D eigenvalue weighted by Crippen LogP contribution is -2.32. The van der Waals surface area contributed by atoms with E-state index < -0.39 is 10.0 Å². The molecule has 2 N–H and O–H groups in total. The molecule has 0 saturated carbocycles. The average Bonchev–Trinajstić information content (AvgIpc) is 2.67. The molecule has 1 amide bonds. The number of aryl methyl sites for hydroxylation is 2. The lowest BCUT2D eigenvalue weighted by molar-refractivity contribution is -0.120. The van der Waals surface area contributed by atoms with Gasteiger partial charge >= 0.3 is 0 Å². The van der Waals surface area contributed by atoms with Crippen molar-refractivity contribution >= 4 is 27.5 Å². The highest BCUT2D eigenvalue weighted by atomic mass is 35.5. The zero-order valence-corrected chi connectivity index (χ0v) is 18.5. The third-order valence-corrected chi connectivity index (χ3v) is 6.56. The Hall–Kier alpha value is -2.29. The van der Waals surface area contributed by atoms with Crippen molar-refractivity contribution in [1.82, 2.24) is 10.0 Å². The summed E-state index contributed by atoms with van der Waals surface area (Å²) in [6, 6.07) is 8.78.